The number of fused-ring (bicyclic) bond motifs is 1. The molecule has 17 heavy (non-hydrogen) atoms. The molecule has 0 amide bonds. The van der Waals surface area contributed by atoms with E-state index in [0.717, 1.165) is 10.9 Å². The molecule has 0 unspecified atom stereocenters. The van der Waals surface area contributed by atoms with Crippen molar-refractivity contribution in [3.8, 4) is 0 Å². The fourth-order valence-corrected chi connectivity index (χ4v) is 1.96. The van der Waals surface area contributed by atoms with E-state index in [1.807, 2.05) is 6.07 Å². The van der Waals surface area contributed by atoms with Crippen LogP contribution in [0.1, 0.15) is 26.3 Å². The third-order valence-electron chi connectivity index (χ3n) is 2.70. The van der Waals surface area contributed by atoms with E-state index in [0.29, 0.717) is 5.39 Å². The lowest BCUT2D eigenvalue weighted by molar-refractivity contribution is 0.0653. The number of aryl methyl sites for hydroxylation is 1. The minimum atomic E-state index is -1.23. The van der Waals surface area contributed by atoms with E-state index in [4.69, 9.17) is 5.11 Å². The molecule has 2 aromatic rings. The number of benzene rings is 2. The summed E-state index contributed by atoms with van der Waals surface area (Å²) in [5.74, 6) is -2.45. The number of aromatic carboxylic acids is 2. The molecule has 0 spiro atoms. The molecule has 0 saturated heterocycles. The highest BCUT2D eigenvalue weighted by Crippen LogP contribution is 2.25. The molecule has 0 aliphatic carbocycles. The summed E-state index contributed by atoms with van der Waals surface area (Å²) < 4.78 is 0. The van der Waals surface area contributed by atoms with Crippen molar-refractivity contribution < 1.29 is 19.8 Å². The monoisotopic (exact) mass is 230 g/mol. The van der Waals surface area contributed by atoms with Crippen molar-refractivity contribution in [1.29, 1.82) is 0 Å². The van der Waals surface area contributed by atoms with Crippen LogP contribution in [0.25, 0.3) is 10.8 Å². The fourth-order valence-electron chi connectivity index (χ4n) is 1.96. The van der Waals surface area contributed by atoms with Crippen LogP contribution in [0.4, 0.5) is 0 Å². The van der Waals surface area contributed by atoms with Gasteiger partial charge in [0.05, 0.1) is 11.1 Å². The smallest absolute Gasteiger partial charge is 0.337 e. The molecule has 0 fully saturated rings. The Labute approximate surface area is 97.1 Å². The maximum absolute atomic E-state index is 11.2. The summed E-state index contributed by atoms with van der Waals surface area (Å²) in [5, 5.41) is 19.4. The third kappa shape index (κ3) is 1.73. The van der Waals surface area contributed by atoms with E-state index in [1.165, 1.54) is 6.07 Å². The normalized spacial score (nSPS) is 10.4. The molecule has 2 rings (SSSR count). The first kappa shape index (κ1) is 11.1. The first-order chi connectivity index (χ1) is 8.02. The van der Waals surface area contributed by atoms with Crippen LogP contribution in [0, 0.1) is 6.92 Å². The van der Waals surface area contributed by atoms with Gasteiger partial charge >= 0.3 is 11.9 Å². The number of carbonyl (C=O) groups is 2. The van der Waals surface area contributed by atoms with Gasteiger partial charge in [0.15, 0.2) is 0 Å². The summed E-state index contributed by atoms with van der Waals surface area (Å²) in [4.78, 5) is 22.2. The number of carboxylic acids is 2. The van der Waals surface area contributed by atoms with Crippen molar-refractivity contribution >= 4 is 22.7 Å². The lowest BCUT2D eigenvalue weighted by Crippen LogP contribution is -2.09. The molecule has 0 saturated carbocycles. The van der Waals surface area contributed by atoms with Gasteiger partial charge in [-0.05, 0) is 29.3 Å². The van der Waals surface area contributed by atoms with E-state index >= 15 is 0 Å². The molecular weight excluding hydrogens is 220 g/mol. The van der Waals surface area contributed by atoms with Gasteiger partial charge in [-0.25, -0.2) is 9.59 Å². The van der Waals surface area contributed by atoms with Gasteiger partial charge in [-0.3, -0.25) is 0 Å². The summed E-state index contributed by atoms with van der Waals surface area (Å²) in [7, 11) is 0. The predicted octanol–water partition coefficient (Wildman–Crippen LogP) is 2.54. The highest BCUT2D eigenvalue weighted by Gasteiger charge is 2.19. The Morgan fingerprint density at radius 1 is 1.00 bits per heavy atom. The summed E-state index contributed by atoms with van der Waals surface area (Å²) in [5.41, 5.74) is 0.426. The lowest BCUT2D eigenvalue weighted by atomic mass is 9.95. The molecule has 0 aliphatic heterocycles. The van der Waals surface area contributed by atoms with Crippen LogP contribution in [0.2, 0.25) is 0 Å². The summed E-state index contributed by atoms with van der Waals surface area (Å²) in [6.07, 6.45) is 0. The Morgan fingerprint density at radius 3 is 2.29 bits per heavy atom. The van der Waals surface area contributed by atoms with Crippen LogP contribution in [-0.4, -0.2) is 22.2 Å². The first-order valence-electron chi connectivity index (χ1n) is 5.01. The van der Waals surface area contributed by atoms with E-state index in [1.54, 1.807) is 25.1 Å². The largest absolute Gasteiger partial charge is 0.478 e. The second-order valence-electron chi connectivity index (χ2n) is 3.77. The second-order valence-corrected chi connectivity index (χ2v) is 3.77. The summed E-state index contributed by atoms with van der Waals surface area (Å²) in [6.45, 7) is 1.76. The van der Waals surface area contributed by atoms with Crippen LogP contribution in [0.5, 0.6) is 0 Å². The number of rotatable bonds is 2. The molecule has 4 heteroatoms. The molecule has 2 aromatic carbocycles. The Kier molecular flexibility index (Phi) is 2.55. The molecule has 86 valence electrons. The molecule has 0 aromatic heterocycles. The highest BCUT2D eigenvalue weighted by molar-refractivity contribution is 6.12. The summed E-state index contributed by atoms with van der Waals surface area (Å²) >= 11 is 0. The molecular formula is C13H10O4. The zero-order chi connectivity index (χ0) is 12.6. The van der Waals surface area contributed by atoms with Gasteiger partial charge in [0.25, 0.3) is 0 Å². The minimum absolute atomic E-state index is 0.145. The van der Waals surface area contributed by atoms with Gasteiger partial charge in [-0.2, -0.15) is 0 Å². The number of carboxylic acid groups (broad SMARTS) is 2. The van der Waals surface area contributed by atoms with Gasteiger partial charge in [-0.1, -0.05) is 24.3 Å². The quantitative estimate of drug-likeness (QED) is 0.831. The van der Waals surface area contributed by atoms with Crippen LogP contribution in [0.15, 0.2) is 30.3 Å². The van der Waals surface area contributed by atoms with E-state index in [2.05, 4.69) is 0 Å². The highest BCUT2D eigenvalue weighted by atomic mass is 16.4. The number of hydrogen-bond acceptors (Lipinski definition) is 2. The van der Waals surface area contributed by atoms with Crippen molar-refractivity contribution in [2.45, 2.75) is 6.92 Å². The molecule has 0 radical (unpaired) electrons. The molecule has 2 N–H and O–H groups in total. The fraction of sp³-hybridized carbons (Fsp3) is 0.0769. The Morgan fingerprint density at radius 2 is 1.71 bits per heavy atom. The zero-order valence-electron chi connectivity index (χ0n) is 9.10. The van der Waals surface area contributed by atoms with E-state index in [-0.39, 0.29) is 11.1 Å². The topological polar surface area (TPSA) is 74.6 Å². The number of hydrogen-bond donors (Lipinski definition) is 2. The Bertz CT molecular complexity index is 629. The predicted molar refractivity (Wildman–Crippen MR) is 62.6 cm³/mol. The van der Waals surface area contributed by atoms with Crippen molar-refractivity contribution in [2.24, 2.45) is 0 Å². The first-order valence-corrected chi connectivity index (χ1v) is 5.01. The van der Waals surface area contributed by atoms with Crippen molar-refractivity contribution in [3.05, 3.63) is 47.0 Å². The average Bonchev–Trinajstić information content (AvgIpc) is 2.27. The van der Waals surface area contributed by atoms with Crippen LogP contribution >= 0.6 is 0 Å². The Hall–Kier alpha value is -2.36. The maximum Gasteiger partial charge on any atom is 0.337 e. The van der Waals surface area contributed by atoms with E-state index < -0.39 is 11.9 Å². The molecule has 0 aliphatic rings. The van der Waals surface area contributed by atoms with Gasteiger partial charge in [-0.15, -0.1) is 0 Å². The van der Waals surface area contributed by atoms with Gasteiger partial charge in [0, 0.05) is 0 Å². The van der Waals surface area contributed by atoms with Crippen molar-refractivity contribution in [3.63, 3.8) is 0 Å². The molecule has 0 heterocycles. The maximum atomic E-state index is 11.2. The van der Waals surface area contributed by atoms with Gasteiger partial charge < -0.3 is 10.2 Å². The van der Waals surface area contributed by atoms with Crippen molar-refractivity contribution in [1.82, 2.24) is 0 Å². The van der Waals surface area contributed by atoms with Gasteiger partial charge in [0.1, 0.15) is 0 Å². The summed E-state index contributed by atoms with van der Waals surface area (Å²) in [6, 6.07) is 8.29. The molecule has 4 nitrogen and oxygen atoms in total. The SMILES string of the molecule is Cc1cccc2ccc(C(=O)O)c(C(=O)O)c12. The minimum Gasteiger partial charge on any atom is -0.478 e. The zero-order valence-corrected chi connectivity index (χ0v) is 9.10. The van der Waals surface area contributed by atoms with Gasteiger partial charge in [0.2, 0.25) is 0 Å². The third-order valence-corrected chi connectivity index (χ3v) is 2.70. The second kappa shape index (κ2) is 3.90. The molecule has 0 bridgehead atoms. The Balaban J connectivity index is 2.98. The average molecular weight is 230 g/mol. The molecule has 0 atom stereocenters. The van der Waals surface area contributed by atoms with Crippen molar-refractivity contribution in [2.75, 3.05) is 0 Å². The standard InChI is InChI=1S/C13H10O4/c1-7-3-2-4-8-5-6-9(12(14)15)11(10(7)8)13(16)17/h2-6H,1H3,(H,14,15)(H,16,17). The van der Waals surface area contributed by atoms with Crippen LogP contribution < -0.4 is 0 Å². The van der Waals surface area contributed by atoms with Crippen LogP contribution in [-0.2, 0) is 0 Å². The van der Waals surface area contributed by atoms with Crippen LogP contribution in [0.3, 0.4) is 0 Å². The van der Waals surface area contributed by atoms with E-state index in [9.17, 15) is 14.7 Å². The lowest BCUT2D eigenvalue weighted by Gasteiger charge is -2.08.